The van der Waals surface area contributed by atoms with Crippen LogP contribution in [0.3, 0.4) is 0 Å². The first kappa shape index (κ1) is 12.6. The first-order valence-electron chi connectivity index (χ1n) is 5.46. The molecule has 1 aromatic heterocycles. The number of rotatable bonds is 5. The minimum absolute atomic E-state index is 0.0449. The summed E-state index contributed by atoms with van der Waals surface area (Å²) >= 11 is 0. The predicted octanol–water partition coefficient (Wildman–Crippen LogP) is 1.22. The number of nitrogens with zero attached hydrogens (tertiary/aromatic N) is 1. The minimum atomic E-state index is -0.236. The molecular formula is C12H18N2O2. The van der Waals surface area contributed by atoms with E-state index in [1.165, 1.54) is 0 Å². The van der Waals surface area contributed by atoms with Crippen LogP contribution in [0.1, 0.15) is 30.8 Å². The lowest BCUT2D eigenvalue weighted by atomic mass is 10.0. The number of aromatic nitrogens is 1. The second-order valence-electron chi connectivity index (χ2n) is 4.20. The summed E-state index contributed by atoms with van der Waals surface area (Å²) in [6, 6.07) is 4.97. The van der Waals surface area contributed by atoms with Crippen LogP contribution in [0.5, 0.6) is 0 Å². The van der Waals surface area contributed by atoms with Crippen LogP contribution >= 0.6 is 0 Å². The summed E-state index contributed by atoms with van der Waals surface area (Å²) < 4.78 is 0. The van der Waals surface area contributed by atoms with Crippen molar-refractivity contribution in [3.63, 3.8) is 0 Å². The van der Waals surface area contributed by atoms with Gasteiger partial charge in [-0.1, -0.05) is 19.9 Å². The van der Waals surface area contributed by atoms with Crippen LogP contribution in [0.25, 0.3) is 0 Å². The molecule has 1 aromatic rings. The fourth-order valence-electron chi connectivity index (χ4n) is 1.50. The van der Waals surface area contributed by atoms with E-state index in [1.54, 1.807) is 24.4 Å². The van der Waals surface area contributed by atoms with Gasteiger partial charge in [0.25, 0.3) is 5.91 Å². The number of aliphatic hydroxyl groups is 1. The number of hydrogen-bond acceptors (Lipinski definition) is 3. The molecule has 0 bridgehead atoms. The second-order valence-corrected chi connectivity index (χ2v) is 4.20. The first-order chi connectivity index (χ1) is 7.63. The highest BCUT2D eigenvalue weighted by Gasteiger charge is 2.14. The van der Waals surface area contributed by atoms with Crippen molar-refractivity contribution in [1.29, 1.82) is 0 Å². The maximum atomic E-state index is 11.7. The van der Waals surface area contributed by atoms with E-state index in [0.29, 0.717) is 11.6 Å². The van der Waals surface area contributed by atoms with E-state index < -0.39 is 0 Å². The van der Waals surface area contributed by atoms with E-state index >= 15 is 0 Å². The van der Waals surface area contributed by atoms with E-state index in [1.807, 2.05) is 0 Å². The quantitative estimate of drug-likeness (QED) is 0.787. The van der Waals surface area contributed by atoms with Gasteiger partial charge in [-0.2, -0.15) is 0 Å². The SMILES string of the molecule is CC(C)CC(CO)NC(=O)c1ccccn1. The average Bonchev–Trinajstić information content (AvgIpc) is 2.28. The van der Waals surface area contributed by atoms with Crippen molar-refractivity contribution in [1.82, 2.24) is 10.3 Å². The van der Waals surface area contributed by atoms with E-state index in [-0.39, 0.29) is 18.6 Å². The number of carbonyl (C=O) groups is 1. The number of hydrogen-bond donors (Lipinski definition) is 2. The van der Waals surface area contributed by atoms with Crippen molar-refractivity contribution in [2.24, 2.45) is 5.92 Å². The van der Waals surface area contributed by atoms with Gasteiger partial charge in [-0.3, -0.25) is 9.78 Å². The van der Waals surface area contributed by atoms with Crippen LogP contribution in [-0.4, -0.2) is 28.6 Å². The third-order valence-corrected chi connectivity index (χ3v) is 2.21. The van der Waals surface area contributed by atoms with Crippen LogP contribution in [0.4, 0.5) is 0 Å². The Labute approximate surface area is 95.7 Å². The van der Waals surface area contributed by atoms with Crippen molar-refractivity contribution < 1.29 is 9.90 Å². The highest BCUT2D eigenvalue weighted by Crippen LogP contribution is 2.05. The zero-order valence-electron chi connectivity index (χ0n) is 9.68. The zero-order valence-corrected chi connectivity index (χ0v) is 9.68. The molecule has 0 aliphatic rings. The van der Waals surface area contributed by atoms with Crippen LogP contribution in [0, 0.1) is 5.92 Å². The second kappa shape index (κ2) is 6.23. The lowest BCUT2D eigenvalue weighted by molar-refractivity contribution is 0.0903. The van der Waals surface area contributed by atoms with Gasteiger partial charge in [-0.15, -0.1) is 0 Å². The van der Waals surface area contributed by atoms with Gasteiger partial charge >= 0.3 is 0 Å². The van der Waals surface area contributed by atoms with Crippen molar-refractivity contribution in [3.8, 4) is 0 Å². The Balaban J connectivity index is 2.56. The lowest BCUT2D eigenvalue weighted by Gasteiger charge is -2.17. The molecule has 0 aromatic carbocycles. The smallest absolute Gasteiger partial charge is 0.270 e. The molecule has 0 aliphatic heterocycles. The van der Waals surface area contributed by atoms with Crippen molar-refractivity contribution in [2.45, 2.75) is 26.3 Å². The normalized spacial score (nSPS) is 12.5. The maximum absolute atomic E-state index is 11.7. The van der Waals surface area contributed by atoms with Crippen molar-refractivity contribution in [3.05, 3.63) is 30.1 Å². The molecule has 4 nitrogen and oxygen atoms in total. The highest BCUT2D eigenvalue weighted by molar-refractivity contribution is 5.92. The topological polar surface area (TPSA) is 62.2 Å². The Bertz CT molecular complexity index is 325. The van der Waals surface area contributed by atoms with E-state index in [9.17, 15) is 4.79 Å². The molecule has 1 atom stereocenters. The van der Waals surface area contributed by atoms with Gasteiger partial charge < -0.3 is 10.4 Å². The van der Waals surface area contributed by atoms with Gasteiger partial charge in [0.2, 0.25) is 0 Å². The number of aliphatic hydroxyl groups excluding tert-OH is 1. The first-order valence-corrected chi connectivity index (χ1v) is 5.46. The van der Waals surface area contributed by atoms with Crippen molar-refractivity contribution >= 4 is 5.91 Å². The van der Waals surface area contributed by atoms with Crippen LogP contribution in [0.2, 0.25) is 0 Å². The van der Waals surface area contributed by atoms with E-state index in [4.69, 9.17) is 5.11 Å². The fourth-order valence-corrected chi connectivity index (χ4v) is 1.50. The van der Waals surface area contributed by atoms with Gasteiger partial charge in [-0.25, -0.2) is 0 Å². The molecule has 0 aliphatic carbocycles. The molecule has 1 unspecified atom stereocenters. The molecule has 16 heavy (non-hydrogen) atoms. The number of carbonyl (C=O) groups excluding carboxylic acids is 1. The van der Waals surface area contributed by atoms with Gasteiger partial charge in [0, 0.05) is 6.20 Å². The van der Waals surface area contributed by atoms with Gasteiger partial charge in [0.05, 0.1) is 12.6 Å². The summed E-state index contributed by atoms with van der Waals surface area (Å²) in [6.45, 7) is 4.06. The largest absolute Gasteiger partial charge is 0.394 e. The molecular weight excluding hydrogens is 204 g/mol. The number of nitrogens with one attached hydrogen (secondary N) is 1. The third kappa shape index (κ3) is 3.98. The van der Waals surface area contributed by atoms with Crippen LogP contribution < -0.4 is 5.32 Å². The summed E-state index contributed by atoms with van der Waals surface area (Å²) in [5, 5.41) is 11.9. The zero-order chi connectivity index (χ0) is 12.0. The number of amides is 1. The summed E-state index contributed by atoms with van der Waals surface area (Å²) in [7, 11) is 0. The van der Waals surface area contributed by atoms with Crippen molar-refractivity contribution in [2.75, 3.05) is 6.61 Å². The Morgan fingerprint density at radius 1 is 1.50 bits per heavy atom. The molecule has 88 valence electrons. The monoisotopic (exact) mass is 222 g/mol. The van der Waals surface area contributed by atoms with Crippen LogP contribution in [0.15, 0.2) is 24.4 Å². The molecule has 0 spiro atoms. The third-order valence-electron chi connectivity index (χ3n) is 2.21. The molecule has 0 saturated carbocycles. The fraction of sp³-hybridized carbons (Fsp3) is 0.500. The maximum Gasteiger partial charge on any atom is 0.270 e. The molecule has 0 saturated heterocycles. The molecule has 0 fully saturated rings. The predicted molar refractivity (Wildman–Crippen MR) is 62.0 cm³/mol. The molecule has 2 N–H and O–H groups in total. The summed E-state index contributed by atoms with van der Waals surface area (Å²) in [4.78, 5) is 15.7. The Hall–Kier alpha value is -1.42. The lowest BCUT2D eigenvalue weighted by Crippen LogP contribution is -2.38. The number of pyridine rings is 1. The highest BCUT2D eigenvalue weighted by atomic mass is 16.3. The Morgan fingerprint density at radius 2 is 2.25 bits per heavy atom. The molecule has 1 heterocycles. The Kier molecular flexibility index (Phi) is 4.92. The molecule has 4 heteroatoms. The molecule has 0 radical (unpaired) electrons. The summed E-state index contributed by atoms with van der Waals surface area (Å²) in [5.74, 6) is 0.196. The summed E-state index contributed by atoms with van der Waals surface area (Å²) in [6.07, 6.45) is 2.33. The van der Waals surface area contributed by atoms with Crippen LogP contribution in [-0.2, 0) is 0 Å². The van der Waals surface area contributed by atoms with Gasteiger partial charge in [0.1, 0.15) is 5.69 Å². The standard InChI is InChI=1S/C12H18N2O2/c1-9(2)7-10(8-15)14-12(16)11-5-3-4-6-13-11/h3-6,9-10,15H,7-8H2,1-2H3,(H,14,16). The molecule has 1 rings (SSSR count). The Morgan fingerprint density at radius 3 is 2.75 bits per heavy atom. The summed E-state index contributed by atoms with van der Waals surface area (Å²) in [5.41, 5.74) is 0.379. The minimum Gasteiger partial charge on any atom is -0.394 e. The van der Waals surface area contributed by atoms with E-state index in [0.717, 1.165) is 6.42 Å². The van der Waals surface area contributed by atoms with Gasteiger partial charge in [-0.05, 0) is 24.5 Å². The molecule has 1 amide bonds. The van der Waals surface area contributed by atoms with Gasteiger partial charge in [0.15, 0.2) is 0 Å². The average molecular weight is 222 g/mol. The van der Waals surface area contributed by atoms with E-state index in [2.05, 4.69) is 24.1 Å².